The van der Waals surface area contributed by atoms with Crippen LogP contribution in [0.15, 0.2) is 0 Å². The fourth-order valence-corrected chi connectivity index (χ4v) is 2.27. The third-order valence-electron chi connectivity index (χ3n) is 3.45. The van der Waals surface area contributed by atoms with Gasteiger partial charge in [0.15, 0.2) is 0 Å². The van der Waals surface area contributed by atoms with Crippen molar-refractivity contribution < 1.29 is 14.7 Å². The summed E-state index contributed by atoms with van der Waals surface area (Å²) in [5.41, 5.74) is 0. The monoisotopic (exact) mass is 257 g/mol. The number of nitrogens with one attached hydrogen (secondary N) is 1. The highest BCUT2D eigenvalue weighted by molar-refractivity contribution is 5.82. The number of aliphatic carboxylic acids is 1. The average molecular weight is 257 g/mol. The molecule has 2 amide bonds. The van der Waals surface area contributed by atoms with E-state index in [-0.39, 0.29) is 6.03 Å². The lowest BCUT2D eigenvalue weighted by molar-refractivity contribution is -0.138. The Bertz CT molecular complexity index is 309. The van der Waals surface area contributed by atoms with Gasteiger partial charge in [-0.2, -0.15) is 0 Å². The van der Waals surface area contributed by atoms with Crippen molar-refractivity contribution in [3.8, 4) is 0 Å². The SMILES string of the molecule is CCN1CCCC1CN(C)C(=O)NC(C)C(=O)O. The van der Waals surface area contributed by atoms with Crippen LogP contribution in [0, 0.1) is 0 Å². The van der Waals surface area contributed by atoms with E-state index < -0.39 is 12.0 Å². The van der Waals surface area contributed by atoms with Crippen LogP contribution >= 0.6 is 0 Å². The summed E-state index contributed by atoms with van der Waals surface area (Å²) >= 11 is 0. The number of carboxylic acid groups (broad SMARTS) is 1. The lowest BCUT2D eigenvalue weighted by Crippen LogP contribution is -2.48. The summed E-state index contributed by atoms with van der Waals surface area (Å²) in [7, 11) is 1.70. The molecule has 0 aromatic carbocycles. The van der Waals surface area contributed by atoms with Crippen molar-refractivity contribution in [3.63, 3.8) is 0 Å². The van der Waals surface area contributed by atoms with Crippen molar-refractivity contribution >= 4 is 12.0 Å². The standard InChI is InChI=1S/C12H23N3O3/c1-4-15-7-5-6-10(15)8-14(3)12(18)13-9(2)11(16)17/h9-10H,4-8H2,1-3H3,(H,13,18)(H,16,17). The van der Waals surface area contributed by atoms with Gasteiger partial charge >= 0.3 is 12.0 Å². The minimum Gasteiger partial charge on any atom is -0.480 e. The second-order valence-corrected chi connectivity index (χ2v) is 4.81. The molecule has 0 radical (unpaired) electrons. The summed E-state index contributed by atoms with van der Waals surface area (Å²) in [4.78, 5) is 26.4. The van der Waals surface area contributed by atoms with Gasteiger partial charge in [-0.15, -0.1) is 0 Å². The van der Waals surface area contributed by atoms with E-state index in [1.54, 1.807) is 11.9 Å². The Labute approximate surface area is 108 Å². The minimum absolute atomic E-state index is 0.326. The molecule has 1 rings (SSSR count). The van der Waals surface area contributed by atoms with Crippen molar-refractivity contribution in [2.75, 3.05) is 26.7 Å². The van der Waals surface area contributed by atoms with E-state index in [0.29, 0.717) is 12.6 Å². The number of hydrogen-bond acceptors (Lipinski definition) is 3. The molecule has 2 N–H and O–H groups in total. The Morgan fingerprint density at radius 2 is 2.22 bits per heavy atom. The van der Waals surface area contributed by atoms with Crippen LogP contribution in [0.5, 0.6) is 0 Å². The molecule has 18 heavy (non-hydrogen) atoms. The van der Waals surface area contributed by atoms with E-state index >= 15 is 0 Å². The van der Waals surface area contributed by atoms with Crippen LogP contribution in [0.2, 0.25) is 0 Å². The summed E-state index contributed by atoms with van der Waals surface area (Å²) in [6.45, 7) is 6.30. The predicted octanol–water partition coefficient (Wildman–Crippen LogP) is 0.585. The van der Waals surface area contributed by atoms with Gasteiger partial charge in [0.2, 0.25) is 0 Å². The highest BCUT2D eigenvalue weighted by Gasteiger charge is 2.26. The van der Waals surface area contributed by atoms with E-state index in [1.807, 2.05) is 0 Å². The van der Waals surface area contributed by atoms with Gasteiger partial charge in [-0.1, -0.05) is 6.92 Å². The number of urea groups is 1. The molecule has 0 aliphatic carbocycles. The fourth-order valence-electron chi connectivity index (χ4n) is 2.27. The molecule has 0 aromatic rings. The van der Waals surface area contributed by atoms with Crippen molar-refractivity contribution in [2.24, 2.45) is 0 Å². The summed E-state index contributed by atoms with van der Waals surface area (Å²) in [5.74, 6) is -1.02. The van der Waals surface area contributed by atoms with E-state index in [0.717, 1.165) is 19.5 Å². The second kappa shape index (κ2) is 6.58. The molecule has 1 aliphatic rings. The predicted molar refractivity (Wildman–Crippen MR) is 68.5 cm³/mol. The Balaban J connectivity index is 2.42. The van der Waals surface area contributed by atoms with Crippen molar-refractivity contribution in [1.29, 1.82) is 0 Å². The van der Waals surface area contributed by atoms with E-state index in [1.165, 1.54) is 13.3 Å². The molecule has 0 bridgehead atoms. The molecule has 0 aromatic heterocycles. The van der Waals surface area contributed by atoms with Gasteiger partial charge < -0.3 is 15.3 Å². The third-order valence-corrected chi connectivity index (χ3v) is 3.45. The first-order chi connectivity index (χ1) is 8.45. The molecule has 104 valence electrons. The van der Waals surface area contributed by atoms with Gasteiger partial charge in [-0.05, 0) is 32.9 Å². The number of nitrogens with zero attached hydrogens (tertiary/aromatic N) is 2. The Hall–Kier alpha value is -1.30. The van der Waals surface area contributed by atoms with Gasteiger partial charge in [0.25, 0.3) is 0 Å². The number of rotatable bonds is 5. The Morgan fingerprint density at radius 1 is 1.56 bits per heavy atom. The fraction of sp³-hybridized carbons (Fsp3) is 0.833. The van der Waals surface area contributed by atoms with Crippen molar-refractivity contribution in [1.82, 2.24) is 15.1 Å². The summed E-state index contributed by atoms with van der Waals surface area (Å²) in [5, 5.41) is 11.2. The molecule has 0 saturated carbocycles. The summed E-state index contributed by atoms with van der Waals surface area (Å²) in [6.07, 6.45) is 2.26. The second-order valence-electron chi connectivity index (χ2n) is 4.81. The smallest absolute Gasteiger partial charge is 0.325 e. The van der Waals surface area contributed by atoms with Gasteiger partial charge in [0, 0.05) is 19.6 Å². The average Bonchev–Trinajstić information content (AvgIpc) is 2.75. The van der Waals surface area contributed by atoms with E-state index in [2.05, 4.69) is 17.1 Å². The zero-order valence-corrected chi connectivity index (χ0v) is 11.3. The van der Waals surface area contributed by atoms with Crippen LogP contribution in [-0.2, 0) is 4.79 Å². The first-order valence-electron chi connectivity index (χ1n) is 6.44. The normalized spacial score (nSPS) is 21.6. The largest absolute Gasteiger partial charge is 0.480 e. The minimum atomic E-state index is -1.02. The quantitative estimate of drug-likeness (QED) is 0.756. The molecule has 6 nitrogen and oxygen atoms in total. The lowest BCUT2D eigenvalue weighted by atomic mass is 10.2. The van der Waals surface area contributed by atoms with Gasteiger partial charge in [0.05, 0.1) is 0 Å². The number of likely N-dealkylation sites (tertiary alicyclic amines) is 1. The number of likely N-dealkylation sites (N-methyl/N-ethyl adjacent to an activating group) is 2. The molecular weight excluding hydrogens is 234 g/mol. The Kier molecular flexibility index (Phi) is 5.40. The molecule has 2 atom stereocenters. The highest BCUT2D eigenvalue weighted by Crippen LogP contribution is 2.17. The maximum absolute atomic E-state index is 11.8. The van der Waals surface area contributed by atoms with Crippen LogP contribution in [0.1, 0.15) is 26.7 Å². The van der Waals surface area contributed by atoms with E-state index in [9.17, 15) is 9.59 Å². The number of hydrogen-bond donors (Lipinski definition) is 2. The van der Waals surface area contributed by atoms with Gasteiger partial charge in [0.1, 0.15) is 6.04 Å². The molecule has 1 heterocycles. The molecule has 1 saturated heterocycles. The zero-order chi connectivity index (χ0) is 13.7. The number of carbonyl (C=O) groups is 2. The number of amides is 2. The Morgan fingerprint density at radius 3 is 2.78 bits per heavy atom. The molecule has 0 spiro atoms. The van der Waals surface area contributed by atoms with Crippen LogP contribution < -0.4 is 5.32 Å². The first-order valence-corrected chi connectivity index (χ1v) is 6.44. The first kappa shape index (κ1) is 14.8. The number of carbonyl (C=O) groups excluding carboxylic acids is 1. The van der Waals surface area contributed by atoms with Gasteiger partial charge in [-0.3, -0.25) is 9.69 Å². The van der Waals surface area contributed by atoms with Crippen LogP contribution in [-0.4, -0.2) is 65.7 Å². The van der Waals surface area contributed by atoms with Crippen LogP contribution in [0.3, 0.4) is 0 Å². The molecular formula is C12H23N3O3. The maximum Gasteiger partial charge on any atom is 0.325 e. The maximum atomic E-state index is 11.8. The van der Waals surface area contributed by atoms with E-state index in [4.69, 9.17) is 5.11 Å². The summed E-state index contributed by atoms with van der Waals surface area (Å²) in [6, 6.07) is -0.787. The highest BCUT2D eigenvalue weighted by atomic mass is 16.4. The topological polar surface area (TPSA) is 72.9 Å². The molecule has 2 unspecified atom stereocenters. The van der Waals surface area contributed by atoms with Crippen LogP contribution in [0.25, 0.3) is 0 Å². The van der Waals surface area contributed by atoms with Crippen LogP contribution in [0.4, 0.5) is 4.79 Å². The van der Waals surface area contributed by atoms with Crippen molar-refractivity contribution in [2.45, 2.75) is 38.8 Å². The molecule has 1 aliphatic heterocycles. The number of carboxylic acids is 1. The summed E-state index contributed by atoms with van der Waals surface area (Å²) < 4.78 is 0. The zero-order valence-electron chi connectivity index (χ0n) is 11.3. The van der Waals surface area contributed by atoms with Gasteiger partial charge in [-0.25, -0.2) is 4.79 Å². The van der Waals surface area contributed by atoms with Crippen molar-refractivity contribution in [3.05, 3.63) is 0 Å². The lowest BCUT2D eigenvalue weighted by Gasteiger charge is -2.28. The molecule has 6 heteroatoms. The molecule has 1 fully saturated rings. The third kappa shape index (κ3) is 3.87.